The number of hydrogen-bond donors (Lipinski definition) is 1. The highest BCUT2D eigenvalue weighted by atomic mass is 19.1. The number of nitrogens with zero attached hydrogens (tertiary/aromatic N) is 5. The first-order valence-electron chi connectivity index (χ1n) is 15.0. The maximum Gasteiger partial charge on any atom is 0.319 e. The molecule has 4 saturated heterocycles. The Kier molecular flexibility index (Phi) is 6.24. The lowest BCUT2D eigenvalue weighted by Gasteiger charge is -2.34. The maximum atomic E-state index is 16.7. The molecule has 4 atom stereocenters. The number of benzene rings is 2. The van der Waals surface area contributed by atoms with Gasteiger partial charge in [-0.1, -0.05) is 30.2 Å². The summed E-state index contributed by atoms with van der Waals surface area (Å²) in [5, 5.41) is 5.20. The lowest BCUT2D eigenvalue weighted by Crippen LogP contribution is -2.51. The molecular weight excluding hydrogens is 553 g/mol. The van der Waals surface area contributed by atoms with E-state index in [1.807, 2.05) is 0 Å². The van der Waals surface area contributed by atoms with Crippen LogP contribution in [0.5, 0.6) is 6.01 Å². The topological polar surface area (TPSA) is 66.4 Å². The molecule has 10 heteroatoms. The minimum absolute atomic E-state index is 0.0211. The van der Waals surface area contributed by atoms with Gasteiger partial charge >= 0.3 is 6.01 Å². The first kappa shape index (κ1) is 26.7. The molecule has 4 aliphatic rings. The summed E-state index contributed by atoms with van der Waals surface area (Å²) in [6, 6.07) is 8.90. The number of alkyl halides is 1. The summed E-state index contributed by atoms with van der Waals surface area (Å²) in [7, 11) is 0. The summed E-state index contributed by atoms with van der Waals surface area (Å²) >= 11 is 0. The lowest BCUT2D eigenvalue weighted by atomic mass is 9.95. The Morgan fingerprint density at radius 3 is 2.74 bits per heavy atom. The van der Waals surface area contributed by atoms with Gasteiger partial charge in [-0.2, -0.15) is 9.97 Å². The zero-order valence-corrected chi connectivity index (χ0v) is 23.6. The normalized spacial score (nSPS) is 26.7. The van der Waals surface area contributed by atoms with E-state index in [0.717, 1.165) is 45.3 Å². The van der Waals surface area contributed by atoms with Crippen LogP contribution in [0.3, 0.4) is 0 Å². The van der Waals surface area contributed by atoms with Crippen molar-refractivity contribution in [3.05, 3.63) is 53.7 Å². The maximum absolute atomic E-state index is 16.7. The minimum atomic E-state index is -0.891. The van der Waals surface area contributed by atoms with Crippen LogP contribution in [0, 0.1) is 24.0 Å². The van der Waals surface area contributed by atoms with E-state index >= 15 is 4.39 Å². The number of anilines is 1. The number of halogens is 3. The van der Waals surface area contributed by atoms with Crippen LogP contribution in [-0.2, 0) is 0 Å². The van der Waals surface area contributed by atoms with Gasteiger partial charge in [-0.15, -0.1) is 6.42 Å². The van der Waals surface area contributed by atoms with Gasteiger partial charge in [-0.05, 0) is 43.7 Å². The largest absolute Gasteiger partial charge is 0.461 e. The molecule has 0 spiro atoms. The third-order valence-electron chi connectivity index (χ3n) is 9.78. The van der Waals surface area contributed by atoms with Gasteiger partial charge in [-0.25, -0.2) is 13.2 Å². The number of terminal acetylenes is 1. The van der Waals surface area contributed by atoms with Crippen LogP contribution in [0.1, 0.15) is 37.7 Å². The zero-order valence-electron chi connectivity index (χ0n) is 23.6. The Balaban J connectivity index is 1.26. The molecule has 4 fully saturated rings. The van der Waals surface area contributed by atoms with Crippen molar-refractivity contribution < 1.29 is 17.9 Å². The van der Waals surface area contributed by atoms with Gasteiger partial charge in [0.15, 0.2) is 5.82 Å². The number of piperazine rings is 1. The minimum Gasteiger partial charge on any atom is -0.461 e. The molecule has 4 aromatic rings. The third kappa shape index (κ3) is 4.32. The fourth-order valence-electron chi connectivity index (χ4n) is 7.82. The first-order valence-corrected chi connectivity index (χ1v) is 15.0. The van der Waals surface area contributed by atoms with Crippen molar-refractivity contribution in [2.24, 2.45) is 0 Å². The first-order chi connectivity index (χ1) is 20.9. The fraction of sp³-hybridized carbons (Fsp3) is 0.424. The molecule has 0 amide bonds. The average molecular weight is 585 g/mol. The molecule has 2 bridgehead atoms. The molecule has 2 aromatic heterocycles. The van der Waals surface area contributed by atoms with E-state index in [2.05, 4.69) is 31.0 Å². The number of ether oxygens (including phenoxy) is 1. The summed E-state index contributed by atoms with van der Waals surface area (Å²) in [4.78, 5) is 18.3. The number of fused-ring (bicyclic) bond motifs is 5. The summed E-state index contributed by atoms with van der Waals surface area (Å²) < 4.78 is 52.1. The molecule has 220 valence electrons. The van der Waals surface area contributed by atoms with E-state index in [1.165, 1.54) is 6.07 Å². The third-order valence-corrected chi connectivity index (χ3v) is 9.78. The van der Waals surface area contributed by atoms with E-state index in [9.17, 15) is 8.78 Å². The predicted octanol–water partition coefficient (Wildman–Crippen LogP) is 5.00. The standard InChI is InChI=1S/C33H31F3N6O/c1-2-23-26(35)10-7-19-5-3-6-24(27(19)23)29-28(36)30-25(14-37-29)31(41-16-21-8-9-22(17-41)38-21)40-32(39-30)43-18-33-11-4-12-42(33)15-20(34)13-33/h1,3,5-7,10,14,20-22,38H,4,8-9,11-13,15-18H2/t20-,21?,22?,33+/m1/s1. The molecule has 8 rings (SSSR count). The van der Waals surface area contributed by atoms with Gasteiger partial charge in [-0.3, -0.25) is 9.88 Å². The van der Waals surface area contributed by atoms with Crippen molar-refractivity contribution in [3.63, 3.8) is 0 Å². The van der Waals surface area contributed by atoms with E-state index in [-0.39, 0.29) is 29.4 Å². The van der Waals surface area contributed by atoms with Gasteiger partial charge in [0, 0.05) is 55.3 Å². The average Bonchev–Trinajstić information content (AvgIpc) is 3.66. The molecule has 6 heterocycles. The van der Waals surface area contributed by atoms with Crippen LogP contribution in [0.25, 0.3) is 32.9 Å². The van der Waals surface area contributed by atoms with Gasteiger partial charge in [0.1, 0.15) is 35.6 Å². The van der Waals surface area contributed by atoms with Gasteiger partial charge in [0.25, 0.3) is 0 Å². The van der Waals surface area contributed by atoms with Crippen LogP contribution < -0.4 is 15.0 Å². The van der Waals surface area contributed by atoms with E-state index in [4.69, 9.17) is 16.1 Å². The van der Waals surface area contributed by atoms with Gasteiger partial charge < -0.3 is 15.0 Å². The van der Waals surface area contributed by atoms with E-state index in [0.29, 0.717) is 52.6 Å². The quantitative estimate of drug-likeness (QED) is 0.331. The SMILES string of the molecule is C#Cc1c(F)ccc2cccc(-c3ncc4c(N5CC6CCC(C5)N6)nc(OC[C@@]56CCCN5C[C@H](F)C6)nc4c3F)c12. The molecule has 0 saturated carbocycles. The molecule has 2 unspecified atom stereocenters. The van der Waals surface area contributed by atoms with E-state index < -0.39 is 23.3 Å². The second-order valence-corrected chi connectivity index (χ2v) is 12.4. The number of rotatable bonds is 5. The summed E-state index contributed by atoms with van der Waals surface area (Å²) in [5.41, 5.74) is 0.135. The Hall–Kier alpha value is -3.94. The zero-order chi connectivity index (χ0) is 29.3. The summed E-state index contributed by atoms with van der Waals surface area (Å²) in [5.74, 6) is 1.79. The Morgan fingerprint density at radius 1 is 1.09 bits per heavy atom. The molecule has 2 aromatic carbocycles. The Morgan fingerprint density at radius 2 is 1.93 bits per heavy atom. The smallest absolute Gasteiger partial charge is 0.319 e. The van der Waals surface area contributed by atoms with Crippen molar-refractivity contribution >= 4 is 27.5 Å². The van der Waals surface area contributed by atoms with E-state index in [1.54, 1.807) is 30.5 Å². The van der Waals surface area contributed by atoms with Crippen LogP contribution in [0.4, 0.5) is 19.0 Å². The van der Waals surface area contributed by atoms with Crippen molar-refractivity contribution in [1.29, 1.82) is 0 Å². The molecule has 0 aliphatic carbocycles. The molecule has 7 nitrogen and oxygen atoms in total. The fourth-order valence-corrected chi connectivity index (χ4v) is 7.82. The molecule has 43 heavy (non-hydrogen) atoms. The van der Waals surface area contributed by atoms with Gasteiger partial charge in [0.05, 0.1) is 16.5 Å². The van der Waals surface area contributed by atoms with Crippen molar-refractivity contribution in [3.8, 4) is 29.6 Å². The Bertz CT molecular complexity index is 1800. The molecule has 4 aliphatic heterocycles. The monoisotopic (exact) mass is 584 g/mol. The van der Waals surface area contributed by atoms with Crippen molar-refractivity contribution in [1.82, 2.24) is 25.2 Å². The van der Waals surface area contributed by atoms with Crippen LogP contribution in [-0.4, -0.2) is 76.4 Å². The second kappa shape index (κ2) is 10.1. The summed E-state index contributed by atoms with van der Waals surface area (Å²) in [6.07, 6.45) is 10.8. The lowest BCUT2D eigenvalue weighted by molar-refractivity contribution is 0.107. The number of nitrogens with one attached hydrogen (secondary N) is 1. The number of aromatic nitrogens is 3. The highest BCUT2D eigenvalue weighted by molar-refractivity contribution is 6.02. The number of hydrogen-bond acceptors (Lipinski definition) is 7. The molecule has 1 N–H and O–H groups in total. The van der Waals surface area contributed by atoms with Crippen LogP contribution in [0.15, 0.2) is 36.5 Å². The van der Waals surface area contributed by atoms with Crippen LogP contribution >= 0.6 is 0 Å². The molecular formula is C33H31F3N6O. The predicted molar refractivity (Wildman–Crippen MR) is 159 cm³/mol. The Labute approximate surface area is 247 Å². The highest BCUT2D eigenvalue weighted by Gasteiger charge is 2.49. The van der Waals surface area contributed by atoms with Crippen molar-refractivity contribution in [2.75, 3.05) is 37.7 Å². The van der Waals surface area contributed by atoms with Gasteiger partial charge in [0.2, 0.25) is 0 Å². The van der Waals surface area contributed by atoms with Crippen molar-refractivity contribution in [2.45, 2.75) is 55.9 Å². The highest BCUT2D eigenvalue weighted by Crippen LogP contribution is 2.41. The second-order valence-electron chi connectivity index (χ2n) is 12.4. The van der Waals surface area contributed by atoms with Crippen LogP contribution in [0.2, 0.25) is 0 Å². The summed E-state index contributed by atoms with van der Waals surface area (Å²) in [6.45, 7) is 2.93. The molecule has 0 radical (unpaired) electrons. The number of pyridine rings is 1.